The largest absolute Gasteiger partial charge is 0.389 e. The van der Waals surface area contributed by atoms with Crippen molar-refractivity contribution in [2.24, 2.45) is 0 Å². The molecule has 2 rings (SSSR count). The predicted octanol–water partition coefficient (Wildman–Crippen LogP) is 0.548. The number of aliphatic hydroxyl groups excluding tert-OH is 1. The van der Waals surface area contributed by atoms with Gasteiger partial charge >= 0.3 is 0 Å². The number of amides is 1. The summed E-state index contributed by atoms with van der Waals surface area (Å²) in [4.78, 5) is 13.3. The molecule has 0 radical (unpaired) electrons. The fourth-order valence-electron chi connectivity index (χ4n) is 2.08. The van der Waals surface area contributed by atoms with Gasteiger partial charge in [-0.3, -0.25) is 4.79 Å². The molecule has 0 aromatic heterocycles. The summed E-state index contributed by atoms with van der Waals surface area (Å²) < 4.78 is 0. The first-order valence-corrected chi connectivity index (χ1v) is 5.85. The third kappa shape index (κ3) is 2.44. The number of carbonyl (C=O) groups is 1. The Labute approximate surface area is 106 Å². The number of aliphatic hydroxyl groups is 1. The number of rotatable bonds is 2. The summed E-state index contributed by atoms with van der Waals surface area (Å²) in [6.45, 7) is 3.19. The smallest absolute Gasteiger partial charge is 0.239 e. The Bertz CT molecular complexity index is 505. The minimum Gasteiger partial charge on any atom is -0.389 e. The van der Waals surface area contributed by atoms with E-state index in [1.165, 1.54) is 0 Å². The van der Waals surface area contributed by atoms with Crippen LogP contribution in [0.3, 0.4) is 0 Å². The molecule has 1 unspecified atom stereocenters. The maximum Gasteiger partial charge on any atom is 0.239 e. The molecule has 1 aromatic carbocycles. The summed E-state index contributed by atoms with van der Waals surface area (Å²) in [5.74, 6) is -0.0415. The van der Waals surface area contributed by atoms with E-state index < -0.39 is 6.10 Å². The lowest BCUT2D eigenvalue weighted by Gasteiger charge is -2.31. The molecule has 1 aliphatic rings. The lowest BCUT2D eigenvalue weighted by molar-refractivity contribution is -0.120. The second-order valence-electron chi connectivity index (χ2n) is 4.33. The fourth-order valence-corrected chi connectivity index (χ4v) is 2.08. The first-order valence-electron chi connectivity index (χ1n) is 5.85. The van der Waals surface area contributed by atoms with Gasteiger partial charge in [0.15, 0.2) is 0 Å². The number of anilines is 1. The van der Waals surface area contributed by atoms with Crippen molar-refractivity contribution in [2.45, 2.75) is 13.0 Å². The lowest BCUT2D eigenvalue weighted by atomic mass is 10.0. The van der Waals surface area contributed by atoms with Crippen molar-refractivity contribution in [3.63, 3.8) is 0 Å². The van der Waals surface area contributed by atoms with Gasteiger partial charge in [-0.1, -0.05) is 6.07 Å². The van der Waals surface area contributed by atoms with Crippen molar-refractivity contribution in [3.05, 3.63) is 29.3 Å². The van der Waals surface area contributed by atoms with E-state index in [0.717, 1.165) is 11.3 Å². The highest BCUT2D eigenvalue weighted by Gasteiger charge is 2.20. The normalized spacial score (nSPS) is 16.9. The van der Waals surface area contributed by atoms with Crippen LogP contribution >= 0.6 is 0 Å². The van der Waals surface area contributed by atoms with E-state index in [0.29, 0.717) is 18.7 Å². The Kier molecular flexibility index (Phi) is 3.49. The molecule has 0 saturated carbocycles. The van der Waals surface area contributed by atoms with Crippen molar-refractivity contribution in [1.82, 2.24) is 5.32 Å². The van der Waals surface area contributed by atoms with Crippen molar-refractivity contribution in [2.75, 3.05) is 24.5 Å². The minimum absolute atomic E-state index is 0.0415. The van der Waals surface area contributed by atoms with E-state index in [1.54, 1.807) is 25.1 Å². The van der Waals surface area contributed by atoms with Crippen LogP contribution in [-0.4, -0.2) is 30.6 Å². The molecule has 0 bridgehead atoms. The highest BCUT2D eigenvalue weighted by molar-refractivity contribution is 5.83. The van der Waals surface area contributed by atoms with E-state index in [9.17, 15) is 9.90 Å². The third-order valence-corrected chi connectivity index (χ3v) is 2.99. The van der Waals surface area contributed by atoms with Gasteiger partial charge in [0, 0.05) is 24.3 Å². The minimum atomic E-state index is -0.627. The monoisotopic (exact) mass is 245 g/mol. The number of hydrogen-bond donors (Lipinski definition) is 2. The van der Waals surface area contributed by atoms with Crippen LogP contribution in [0.5, 0.6) is 0 Å². The number of hydrogen-bond acceptors (Lipinski definition) is 4. The van der Waals surface area contributed by atoms with Gasteiger partial charge in [0.1, 0.15) is 0 Å². The van der Waals surface area contributed by atoms with Crippen molar-refractivity contribution < 1.29 is 9.90 Å². The summed E-state index contributed by atoms with van der Waals surface area (Å²) >= 11 is 0. The summed E-state index contributed by atoms with van der Waals surface area (Å²) in [5.41, 5.74) is 2.03. The average molecular weight is 245 g/mol. The van der Waals surface area contributed by atoms with E-state index in [1.807, 2.05) is 4.90 Å². The molecular formula is C13H15N3O2. The van der Waals surface area contributed by atoms with Crippen molar-refractivity contribution >= 4 is 11.6 Å². The third-order valence-electron chi connectivity index (χ3n) is 2.99. The summed E-state index contributed by atoms with van der Waals surface area (Å²) in [7, 11) is 0. The van der Waals surface area contributed by atoms with Gasteiger partial charge < -0.3 is 15.3 Å². The number of carbonyl (C=O) groups excluding carboxylic acids is 1. The van der Waals surface area contributed by atoms with Crippen LogP contribution in [0, 0.1) is 11.3 Å². The number of nitriles is 1. The van der Waals surface area contributed by atoms with E-state index in [2.05, 4.69) is 11.4 Å². The Morgan fingerprint density at radius 2 is 2.33 bits per heavy atom. The van der Waals surface area contributed by atoms with E-state index >= 15 is 0 Å². The van der Waals surface area contributed by atoms with Crippen LogP contribution < -0.4 is 10.2 Å². The van der Waals surface area contributed by atoms with E-state index in [4.69, 9.17) is 5.26 Å². The first-order chi connectivity index (χ1) is 8.61. The predicted molar refractivity (Wildman–Crippen MR) is 67.0 cm³/mol. The second kappa shape index (κ2) is 5.07. The molecule has 5 heteroatoms. The van der Waals surface area contributed by atoms with Gasteiger partial charge in [-0.25, -0.2) is 0 Å². The molecule has 5 nitrogen and oxygen atoms in total. The van der Waals surface area contributed by atoms with Gasteiger partial charge in [0.2, 0.25) is 5.91 Å². The van der Waals surface area contributed by atoms with Crippen LogP contribution in [0.4, 0.5) is 5.69 Å². The molecule has 1 atom stereocenters. The zero-order chi connectivity index (χ0) is 13.1. The molecule has 18 heavy (non-hydrogen) atoms. The molecule has 2 N–H and O–H groups in total. The standard InChI is InChI=1S/C13H15N3O2/c1-9(17)11-3-2-10(7-14)6-12(11)16-5-4-15-13(18)8-16/h2-3,6,9,17H,4-5,8H2,1H3,(H,15,18). The van der Waals surface area contributed by atoms with Crippen molar-refractivity contribution in [1.29, 1.82) is 5.26 Å². The number of nitrogens with zero attached hydrogens (tertiary/aromatic N) is 2. The Morgan fingerprint density at radius 1 is 1.56 bits per heavy atom. The highest BCUT2D eigenvalue weighted by atomic mass is 16.3. The number of nitrogens with one attached hydrogen (secondary N) is 1. The first kappa shape index (κ1) is 12.4. The van der Waals surface area contributed by atoms with Gasteiger partial charge in [-0.15, -0.1) is 0 Å². The lowest BCUT2D eigenvalue weighted by Crippen LogP contribution is -2.48. The SMILES string of the molecule is CC(O)c1ccc(C#N)cc1N1CCNC(=O)C1. The summed E-state index contributed by atoms with van der Waals surface area (Å²) in [6.07, 6.45) is -0.627. The molecule has 1 heterocycles. The van der Waals surface area contributed by atoms with Gasteiger partial charge in [-0.2, -0.15) is 5.26 Å². The van der Waals surface area contributed by atoms with Crippen LogP contribution in [0.2, 0.25) is 0 Å². The fraction of sp³-hybridized carbons (Fsp3) is 0.385. The Balaban J connectivity index is 2.40. The number of piperazine rings is 1. The van der Waals surface area contributed by atoms with Crippen LogP contribution in [0.25, 0.3) is 0 Å². The van der Waals surface area contributed by atoms with Gasteiger partial charge in [0.05, 0.1) is 24.3 Å². The van der Waals surface area contributed by atoms with Crippen LogP contribution in [0.1, 0.15) is 24.2 Å². The maximum absolute atomic E-state index is 11.4. The zero-order valence-corrected chi connectivity index (χ0v) is 10.2. The van der Waals surface area contributed by atoms with Crippen LogP contribution in [0.15, 0.2) is 18.2 Å². The molecule has 0 aliphatic carbocycles. The topological polar surface area (TPSA) is 76.4 Å². The Hall–Kier alpha value is -2.06. The number of benzene rings is 1. The Morgan fingerprint density at radius 3 is 2.94 bits per heavy atom. The quantitative estimate of drug-likeness (QED) is 0.797. The average Bonchev–Trinajstić information content (AvgIpc) is 2.38. The molecule has 1 aromatic rings. The van der Waals surface area contributed by atoms with Crippen molar-refractivity contribution in [3.8, 4) is 6.07 Å². The molecule has 1 aliphatic heterocycles. The summed E-state index contributed by atoms with van der Waals surface area (Å²) in [6, 6.07) is 7.22. The molecule has 1 amide bonds. The van der Waals surface area contributed by atoms with E-state index in [-0.39, 0.29) is 12.5 Å². The zero-order valence-electron chi connectivity index (χ0n) is 10.2. The molecule has 1 saturated heterocycles. The second-order valence-corrected chi connectivity index (χ2v) is 4.33. The molecule has 94 valence electrons. The molecule has 0 spiro atoms. The van der Waals surface area contributed by atoms with Gasteiger partial charge in [-0.05, 0) is 19.1 Å². The molecule has 1 fully saturated rings. The molecular weight excluding hydrogens is 230 g/mol. The van der Waals surface area contributed by atoms with Crippen LogP contribution in [-0.2, 0) is 4.79 Å². The van der Waals surface area contributed by atoms with Gasteiger partial charge in [0.25, 0.3) is 0 Å². The maximum atomic E-state index is 11.4. The highest BCUT2D eigenvalue weighted by Crippen LogP contribution is 2.27. The summed E-state index contributed by atoms with van der Waals surface area (Å²) in [5, 5.41) is 21.4.